The molecule has 1 aromatic heterocycles. The Bertz CT molecular complexity index is 662. The third kappa shape index (κ3) is 5.27. The predicted molar refractivity (Wildman–Crippen MR) is 90.9 cm³/mol. The van der Waals surface area contributed by atoms with Gasteiger partial charge in [-0.3, -0.25) is 4.79 Å². The number of amides is 1. The number of nitrogens with one attached hydrogen (secondary N) is 1. The molecule has 2 aromatic rings. The van der Waals surface area contributed by atoms with Gasteiger partial charge in [-0.05, 0) is 30.0 Å². The molecule has 0 aliphatic heterocycles. The Morgan fingerprint density at radius 2 is 1.83 bits per heavy atom. The summed E-state index contributed by atoms with van der Waals surface area (Å²) < 4.78 is 15.2. The predicted octanol–water partition coefficient (Wildman–Crippen LogP) is 2.28. The van der Waals surface area contributed by atoms with Crippen LogP contribution in [0.4, 0.5) is 0 Å². The topological polar surface area (TPSA) is 73.9 Å². The minimum Gasteiger partial charge on any atom is -0.497 e. The van der Waals surface area contributed by atoms with Crippen molar-refractivity contribution in [2.45, 2.75) is 6.42 Å². The lowest BCUT2D eigenvalue weighted by Gasteiger charge is -2.09. The number of carbonyl (C=O) groups is 2. The number of methoxy groups -OCH3 is 2. The van der Waals surface area contributed by atoms with E-state index in [1.54, 1.807) is 17.4 Å². The summed E-state index contributed by atoms with van der Waals surface area (Å²) in [5.41, 5.74) is 0.262. The van der Waals surface area contributed by atoms with Crippen LogP contribution in [0.3, 0.4) is 0 Å². The van der Waals surface area contributed by atoms with E-state index in [-0.39, 0.29) is 18.1 Å². The van der Waals surface area contributed by atoms with E-state index in [1.165, 1.54) is 31.2 Å². The average molecular weight is 349 g/mol. The Balaban J connectivity index is 1.80. The van der Waals surface area contributed by atoms with Crippen LogP contribution in [-0.4, -0.2) is 39.2 Å². The van der Waals surface area contributed by atoms with E-state index in [0.29, 0.717) is 18.0 Å². The zero-order valence-corrected chi connectivity index (χ0v) is 14.4. The van der Waals surface area contributed by atoms with Crippen LogP contribution in [-0.2, 0) is 16.0 Å². The maximum absolute atomic E-state index is 12.0. The smallest absolute Gasteiger partial charge is 0.338 e. The number of hydrogen-bond donors (Lipinski definition) is 1. The zero-order valence-electron chi connectivity index (χ0n) is 13.5. The molecule has 0 bridgehead atoms. The molecule has 128 valence electrons. The minimum absolute atomic E-state index is 0.262. The van der Waals surface area contributed by atoms with Crippen molar-refractivity contribution in [2.24, 2.45) is 0 Å². The molecule has 0 aliphatic rings. The highest BCUT2D eigenvalue weighted by atomic mass is 32.1. The molecule has 0 fully saturated rings. The number of ether oxygens (including phenoxy) is 3. The van der Waals surface area contributed by atoms with Gasteiger partial charge in [0, 0.05) is 17.5 Å². The average Bonchev–Trinajstić information content (AvgIpc) is 3.12. The fraction of sp³-hybridized carbons (Fsp3) is 0.294. The third-order valence-corrected chi connectivity index (χ3v) is 4.13. The van der Waals surface area contributed by atoms with Crippen LogP contribution in [0, 0.1) is 0 Å². The maximum Gasteiger partial charge on any atom is 0.338 e. The molecule has 6 nitrogen and oxygen atoms in total. The molecule has 1 N–H and O–H groups in total. The molecule has 0 atom stereocenters. The fourth-order valence-electron chi connectivity index (χ4n) is 1.97. The molecule has 0 saturated carbocycles. The summed E-state index contributed by atoms with van der Waals surface area (Å²) in [4.78, 5) is 24.9. The second kappa shape index (κ2) is 8.93. The number of carbonyl (C=O) groups excluding carboxylic acids is 2. The molecule has 1 heterocycles. The van der Waals surface area contributed by atoms with Crippen molar-refractivity contribution in [1.29, 1.82) is 0 Å². The lowest BCUT2D eigenvalue weighted by atomic mass is 10.2. The van der Waals surface area contributed by atoms with Crippen molar-refractivity contribution in [1.82, 2.24) is 5.32 Å². The highest BCUT2D eigenvalue weighted by Gasteiger charge is 2.13. The molecular formula is C17H19NO5S. The number of hydrogen-bond acceptors (Lipinski definition) is 6. The van der Waals surface area contributed by atoms with Crippen LogP contribution in [0.2, 0.25) is 0 Å². The van der Waals surface area contributed by atoms with Crippen molar-refractivity contribution in [3.8, 4) is 11.5 Å². The molecule has 1 amide bonds. The van der Waals surface area contributed by atoms with E-state index >= 15 is 0 Å². The summed E-state index contributed by atoms with van der Waals surface area (Å²) >= 11 is 1.64. The van der Waals surface area contributed by atoms with E-state index in [9.17, 15) is 9.59 Å². The van der Waals surface area contributed by atoms with Crippen LogP contribution in [0.15, 0.2) is 35.7 Å². The molecule has 24 heavy (non-hydrogen) atoms. The minimum atomic E-state index is -0.611. The first-order valence-electron chi connectivity index (χ1n) is 7.31. The third-order valence-electron chi connectivity index (χ3n) is 3.20. The molecule has 2 rings (SSSR count). The molecule has 0 saturated heterocycles. The van der Waals surface area contributed by atoms with Crippen LogP contribution < -0.4 is 14.8 Å². The SMILES string of the molecule is COc1cc(OC)cc(C(=O)OCC(=O)NCCc2cccs2)c1. The van der Waals surface area contributed by atoms with Gasteiger partial charge in [-0.15, -0.1) is 11.3 Å². The van der Waals surface area contributed by atoms with Gasteiger partial charge in [-0.1, -0.05) is 6.07 Å². The first-order valence-corrected chi connectivity index (χ1v) is 8.19. The van der Waals surface area contributed by atoms with E-state index in [4.69, 9.17) is 14.2 Å². The van der Waals surface area contributed by atoms with Gasteiger partial charge >= 0.3 is 5.97 Å². The van der Waals surface area contributed by atoms with Crippen LogP contribution in [0.5, 0.6) is 11.5 Å². The summed E-state index contributed by atoms with van der Waals surface area (Å²) in [6.07, 6.45) is 0.754. The lowest BCUT2D eigenvalue weighted by molar-refractivity contribution is -0.124. The molecular weight excluding hydrogens is 330 g/mol. The normalized spacial score (nSPS) is 10.1. The van der Waals surface area contributed by atoms with Gasteiger partial charge in [0.15, 0.2) is 6.61 Å². The van der Waals surface area contributed by atoms with E-state index in [2.05, 4.69) is 5.32 Å². The highest BCUT2D eigenvalue weighted by Crippen LogP contribution is 2.22. The molecule has 7 heteroatoms. The highest BCUT2D eigenvalue weighted by molar-refractivity contribution is 7.09. The standard InChI is InChI=1S/C17H19NO5S/c1-21-13-8-12(9-14(10-13)22-2)17(20)23-11-16(19)18-6-5-15-4-3-7-24-15/h3-4,7-10H,5-6,11H2,1-2H3,(H,18,19). The summed E-state index contributed by atoms with van der Waals surface area (Å²) in [7, 11) is 2.98. The lowest BCUT2D eigenvalue weighted by Crippen LogP contribution is -2.30. The Morgan fingerprint density at radius 1 is 1.12 bits per heavy atom. The van der Waals surface area contributed by atoms with Crippen LogP contribution >= 0.6 is 11.3 Å². The first-order chi connectivity index (χ1) is 11.6. The Kier molecular flexibility index (Phi) is 6.62. The van der Waals surface area contributed by atoms with Gasteiger partial charge in [-0.2, -0.15) is 0 Å². The summed E-state index contributed by atoms with van der Waals surface area (Å²) in [5, 5.41) is 4.70. The second-order valence-electron chi connectivity index (χ2n) is 4.86. The van der Waals surface area contributed by atoms with Crippen molar-refractivity contribution in [2.75, 3.05) is 27.4 Å². The Morgan fingerprint density at radius 3 is 2.42 bits per heavy atom. The van der Waals surface area contributed by atoms with Gasteiger partial charge in [0.1, 0.15) is 11.5 Å². The maximum atomic E-state index is 12.0. The molecule has 0 unspecified atom stereocenters. The Hall–Kier alpha value is -2.54. The second-order valence-corrected chi connectivity index (χ2v) is 5.89. The van der Waals surface area contributed by atoms with Gasteiger partial charge < -0.3 is 19.5 Å². The zero-order chi connectivity index (χ0) is 17.4. The fourth-order valence-corrected chi connectivity index (χ4v) is 2.68. The van der Waals surface area contributed by atoms with Gasteiger partial charge in [0.25, 0.3) is 5.91 Å². The number of thiophene rings is 1. The van der Waals surface area contributed by atoms with Crippen molar-refractivity contribution in [3.05, 3.63) is 46.2 Å². The molecule has 0 radical (unpaired) electrons. The van der Waals surface area contributed by atoms with Crippen molar-refractivity contribution < 1.29 is 23.8 Å². The largest absolute Gasteiger partial charge is 0.497 e. The molecule has 0 spiro atoms. The quantitative estimate of drug-likeness (QED) is 0.740. The Labute approximate surface area is 144 Å². The number of rotatable bonds is 8. The van der Waals surface area contributed by atoms with Gasteiger partial charge in [0.05, 0.1) is 19.8 Å². The molecule has 0 aliphatic carbocycles. The first kappa shape index (κ1) is 17.8. The van der Waals surface area contributed by atoms with E-state index in [0.717, 1.165) is 6.42 Å². The van der Waals surface area contributed by atoms with Crippen LogP contribution in [0.25, 0.3) is 0 Å². The summed E-state index contributed by atoms with van der Waals surface area (Å²) in [6, 6.07) is 8.67. The number of esters is 1. The van der Waals surface area contributed by atoms with Crippen molar-refractivity contribution >= 4 is 23.2 Å². The van der Waals surface area contributed by atoms with Gasteiger partial charge in [0.2, 0.25) is 0 Å². The number of benzene rings is 1. The summed E-state index contributed by atoms with van der Waals surface area (Å²) in [6.45, 7) is 0.173. The van der Waals surface area contributed by atoms with Crippen molar-refractivity contribution in [3.63, 3.8) is 0 Å². The van der Waals surface area contributed by atoms with E-state index < -0.39 is 5.97 Å². The summed E-state index contributed by atoms with van der Waals surface area (Å²) in [5.74, 6) is -0.00114. The van der Waals surface area contributed by atoms with E-state index in [1.807, 2.05) is 17.5 Å². The van der Waals surface area contributed by atoms with Gasteiger partial charge in [-0.25, -0.2) is 4.79 Å². The van der Waals surface area contributed by atoms with Crippen LogP contribution in [0.1, 0.15) is 15.2 Å². The molecule has 1 aromatic carbocycles. The monoisotopic (exact) mass is 349 g/mol.